The lowest BCUT2D eigenvalue weighted by atomic mass is 10.1. The van der Waals surface area contributed by atoms with E-state index in [1.54, 1.807) is 25.4 Å². The van der Waals surface area contributed by atoms with Gasteiger partial charge in [0.2, 0.25) is 11.9 Å². The molecule has 0 radical (unpaired) electrons. The summed E-state index contributed by atoms with van der Waals surface area (Å²) < 4.78 is 23.1. The zero-order valence-electron chi connectivity index (χ0n) is 25.9. The third-order valence-electron chi connectivity index (χ3n) is 7.21. The monoisotopic (exact) mass is 588 g/mol. The Morgan fingerprint density at radius 1 is 1.12 bits per heavy atom. The summed E-state index contributed by atoms with van der Waals surface area (Å²) in [5, 5.41) is 6.11. The normalized spacial score (nSPS) is 11.2. The van der Waals surface area contributed by atoms with Crippen molar-refractivity contribution in [1.29, 1.82) is 0 Å². The number of fused-ring (bicyclic) bond motifs is 1. The third kappa shape index (κ3) is 7.29. The number of unbranched alkanes of at least 4 members (excludes halogenated alkanes) is 1. The molecule has 11 heteroatoms. The molecule has 2 aromatic heterocycles. The lowest BCUT2D eigenvalue weighted by Crippen LogP contribution is -2.29. The summed E-state index contributed by atoms with van der Waals surface area (Å²) in [5.41, 5.74) is 4.20. The zero-order valence-corrected chi connectivity index (χ0v) is 25.9. The van der Waals surface area contributed by atoms with Crippen molar-refractivity contribution in [3.8, 4) is 17.0 Å². The molecular formula is C32H41FN8O2. The summed E-state index contributed by atoms with van der Waals surface area (Å²) in [5.74, 6) is 1.000. The van der Waals surface area contributed by atoms with E-state index in [2.05, 4.69) is 43.6 Å². The van der Waals surface area contributed by atoms with Crippen LogP contribution in [0.1, 0.15) is 32.5 Å². The Kier molecular flexibility index (Phi) is 10.3. The maximum atomic E-state index is 15.3. The number of benzene rings is 2. The zero-order chi connectivity index (χ0) is 31.1. The minimum Gasteiger partial charge on any atom is -0.494 e. The van der Waals surface area contributed by atoms with Gasteiger partial charge in [0.1, 0.15) is 17.1 Å². The molecule has 10 nitrogen and oxygen atoms in total. The molecule has 2 aromatic carbocycles. The van der Waals surface area contributed by atoms with Gasteiger partial charge in [0.25, 0.3) is 0 Å². The van der Waals surface area contributed by atoms with Crippen LogP contribution in [0.15, 0.2) is 49.2 Å². The molecule has 2 heterocycles. The topological polar surface area (TPSA) is 100 Å². The number of nitrogens with zero attached hydrogens (tertiary/aromatic N) is 6. The number of nitrogens with one attached hydrogen (secondary N) is 2. The molecule has 0 aliphatic heterocycles. The minimum atomic E-state index is -0.385. The number of hydrogen-bond donors (Lipinski definition) is 2. The highest BCUT2D eigenvalue weighted by molar-refractivity contribution is 6.02. The number of anilines is 4. The van der Waals surface area contributed by atoms with Gasteiger partial charge in [-0.2, -0.15) is 0 Å². The molecule has 0 spiro atoms. The molecule has 43 heavy (non-hydrogen) atoms. The van der Waals surface area contributed by atoms with Crippen molar-refractivity contribution in [1.82, 2.24) is 24.4 Å². The van der Waals surface area contributed by atoms with Gasteiger partial charge in [0.15, 0.2) is 5.82 Å². The predicted octanol–water partition coefficient (Wildman–Crippen LogP) is 5.87. The Morgan fingerprint density at radius 2 is 1.91 bits per heavy atom. The molecule has 0 saturated heterocycles. The number of aryl methyl sites for hydroxylation is 2. The van der Waals surface area contributed by atoms with E-state index < -0.39 is 0 Å². The van der Waals surface area contributed by atoms with Gasteiger partial charge in [-0.3, -0.25) is 4.79 Å². The summed E-state index contributed by atoms with van der Waals surface area (Å²) in [6.07, 6.45) is 5.68. The van der Waals surface area contributed by atoms with E-state index in [1.165, 1.54) is 12.1 Å². The molecule has 0 fully saturated rings. The molecular weight excluding hydrogens is 547 g/mol. The van der Waals surface area contributed by atoms with Crippen molar-refractivity contribution in [3.05, 3.63) is 60.8 Å². The molecule has 0 aliphatic carbocycles. The summed E-state index contributed by atoms with van der Waals surface area (Å²) in [6, 6.07) is 8.77. The summed E-state index contributed by atoms with van der Waals surface area (Å²) >= 11 is 0. The van der Waals surface area contributed by atoms with E-state index in [0.717, 1.165) is 49.4 Å². The Hall–Kier alpha value is -4.51. The molecule has 0 unspecified atom stereocenters. The van der Waals surface area contributed by atoms with Gasteiger partial charge in [-0.05, 0) is 57.8 Å². The molecule has 2 N–H and O–H groups in total. The number of aromatic nitrogens is 4. The summed E-state index contributed by atoms with van der Waals surface area (Å²) in [7, 11) is 7.54. The third-order valence-corrected chi connectivity index (χ3v) is 7.21. The Morgan fingerprint density at radius 3 is 2.58 bits per heavy atom. The fraction of sp³-hybridized carbons (Fsp3) is 0.375. The van der Waals surface area contributed by atoms with Crippen LogP contribution in [0.4, 0.5) is 27.4 Å². The Labute approximate surface area is 252 Å². The first kappa shape index (κ1) is 31.4. The number of carbonyl (C=O) groups is 1. The Balaban J connectivity index is 1.71. The quantitative estimate of drug-likeness (QED) is 0.177. The first-order valence-electron chi connectivity index (χ1n) is 14.5. The first-order valence-corrected chi connectivity index (χ1v) is 14.5. The van der Waals surface area contributed by atoms with Gasteiger partial charge in [-0.25, -0.2) is 19.3 Å². The lowest BCUT2D eigenvalue weighted by molar-refractivity contribution is -0.111. The fourth-order valence-electron chi connectivity index (χ4n) is 4.86. The fourth-order valence-corrected chi connectivity index (χ4v) is 4.86. The molecule has 4 aromatic rings. The lowest BCUT2D eigenvalue weighted by Gasteiger charge is -2.26. The van der Waals surface area contributed by atoms with Crippen molar-refractivity contribution in [2.24, 2.45) is 0 Å². The second-order valence-corrected chi connectivity index (χ2v) is 10.6. The molecule has 0 bridgehead atoms. The van der Waals surface area contributed by atoms with Crippen LogP contribution in [0.2, 0.25) is 0 Å². The highest BCUT2D eigenvalue weighted by Crippen LogP contribution is 2.38. The van der Waals surface area contributed by atoms with E-state index in [1.807, 2.05) is 45.1 Å². The molecule has 228 valence electrons. The molecule has 0 saturated carbocycles. The van der Waals surface area contributed by atoms with Crippen LogP contribution < -0.4 is 20.3 Å². The van der Waals surface area contributed by atoms with Gasteiger partial charge in [0.05, 0.1) is 35.4 Å². The number of likely N-dealkylation sites (N-methyl/N-ethyl adjacent to an activating group) is 2. The van der Waals surface area contributed by atoms with Crippen molar-refractivity contribution in [2.75, 3.05) is 56.9 Å². The molecule has 1 amide bonds. The van der Waals surface area contributed by atoms with Gasteiger partial charge < -0.3 is 29.7 Å². The Bertz CT molecular complexity index is 1600. The van der Waals surface area contributed by atoms with E-state index in [9.17, 15) is 4.79 Å². The first-order chi connectivity index (χ1) is 20.7. The van der Waals surface area contributed by atoms with E-state index in [0.29, 0.717) is 46.4 Å². The highest BCUT2D eigenvalue weighted by Gasteiger charge is 2.18. The van der Waals surface area contributed by atoms with Crippen molar-refractivity contribution in [2.45, 2.75) is 39.7 Å². The standard InChI is InChI=1S/C32H41FN8O2/c1-8-11-12-29-38-31-22(33)17-21(18-27(31)41(29)10-3)23-13-14-34-32(36-23)37-25-19-24(35-30(42)9-2)26(20-28(25)43-7)40(6)16-15-39(4)5/h9,13-14,17-20H,2,8,10-12,15-16H2,1,3-7H3,(H,35,42)(H,34,36,37). The predicted molar refractivity (Wildman–Crippen MR) is 172 cm³/mol. The van der Waals surface area contributed by atoms with Gasteiger partial charge in [-0.15, -0.1) is 0 Å². The molecule has 4 rings (SSSR count). The van der Waals surface area contributed by atoms with Crippen molar-refractivity contribution < 1.29 is 13.9 Å². The number of methoxy groups -OCH3 is 1. The average Bonchev–Trinajstić information content (AvgIpc) is 3.36. The van der Waals surface area contributed by atoms with Crippen molar-refractivity contribution in [3.63, 3.8) is 0 Å². The number of rotatable bonds is 14. The number of amides is 1. The maximum absolute atomic E-state index is 15.3. The number of halogens is 1. The van der Waals surface area contributed by atoms with Crippen LogP contribution in [0.25, 0.3) is 22.3 Å². The van der Waals surface area contributed by atoms with Crippen LogP contribution in [-0.4, -0.2) is 71.7 Å². The maximum Gasteiger partial charge on any atom is 0.247 e. The van der Waals surface area contributed by atoms with Gasteiger partial charge >= 0.3 is 0 Å². The van der Waals surface area contributed by atoms with E-state index in [4.69, 9.17) is 9.72 Å². The summed E-state index contributed by atoms with van der Waals surface area (Å²) in [4.78, 5) is 30.1. The van der Waals surface area contributed by atoms with E-state index >= 15 is 4.39 Å². The van der Waals surface area contributed by atoms with Gasteiger partial charge in [-0.1, -0.05) is 19.9 Å². The van der Waals surface area contributed by atoms with Gasteiger partial charge in [0, 0.05) is 50.9 Å². The smallest absolute Gasteiger partial charge is 0.247 e. The number of ether oxygens (including phenoxy) is 1. The molecule has 0 atom stereocenters. The van der Waals surface area contributed by atoms with Crippen LogP contribution >= 0.6 is 0 Å². The van der Waals surface area contributed by atoms with Crippen molar-refractivity contribution >= 4 is 40.0 Å². The van der Waals surface area contributed by atoms with Crippen LogP contribution in [0, 0.1) is 5.82 Å². The minimum absolute atomic E-state index is 0.290. The van der Waals surface area contributed by atoms with Crippen LogP contribution in [0.5, 0.6) is 5.75 Å². The second kappa shape index (κ2) is 14.1. The SMILES string of the molecule is C=CC(=O)Nc1cc(Nc2nccc(-c3cc(F)c4nc(CCCC)n(CC)c4c3)n2)c(OC)cc1N(C)CCN(C)C. The number of imidazole rings is 1. The number of hydrogen-bond acceptors (Lipinski definition) is 8. The number of carbonyl (C=O) groups excluding carboxylic acids is 1. The average molecular weight is 589 g/mol. The van der Waals surface area contributed by atoms with E-state index in [-0.39, 0.29) is 11.7 Å². The molecule has 0 aliphatic rings. The largest absolute Gasteiger partial charge is 0.494 e. The summed E-state index contributed by atoms with van der Waals surface area (Å²) in [6.45, 7) is 9.99. The highest BCUT2D eigenvalue weighted by atomic mass is 19.1. The van der Waals surface area contributed by atoms with Crippen LogP contribution in [-0.2, 0) is 17.8 Å². The van der Waals surface area contributed by atoms with Crippen LogP contribution in [0.3, 0.4) is 0 Å². The second-order valence-electron chi connectivity index (χ2n) is 10.6.